The van der Waals surface area contributed by atoms with Gasteiger partial charge in [0, 0.05) is 34.6 Å². The van der Waals surface area contributed by atoms with Crippen LogP contribution in [0.15, 0.2) is 59.2 Å². The van der Waals surface area contributed by atoms with Crippen LogP contribution >= 0.6 is 15.9 Å². The molecule has 0 saturated carbocycles. The number of esters is 1. The summed E-state index contributed by atoms with van der Waals surface area (Å²) in [6.45, 7) is -0.0142. The second-order valence-corrected chi connectivity index (χ2v) is 6.98. The van der Waals surface area contributed by atoms with Crippen molar-refractivity contribution in [1.29, 1.82) is 0 Å². The average molecular weight is 458 g/mol. The summed E-state index contributed by atoms with van der Waals surface area (Å²) in [7, 11) is 0. The number of ether oxygens (including phenoxy) is 1. The maximum atomic E-state index is 12.2. The van der Waals surface area contributed by atoms with Gasteiger partial charge in [-0.15, -0.1) is 0 Å². The van der Waals surface area contributed by atoms with Crippen molar-refractivity contribution in [3.05, 3.63) is 74.9 Å². The molecule has 0 aliphatic rings. The number of carbonyl (C=O) groups excluding carboxylic acids is 2. The van der Waals surface area contributed by atoms with Crippen LogP contribution in [0.4, 0.5) is 11.4 Å². The van der Waals surface area contributed by atoms with Gasteiger partial charge in [-0.05, 0) is 35.9 Å². The predicted octanol–water partition coefficient (Wildman–Crippen LogP) is 4.37. The van der Waals surface area contributed by atoms with E-state index in [1.54, 1.807) is 18.3 Å². The smallest absolute Gasteiger partial charge is 0.306 e. The second kappa shape index (κ2) is 9.24. The number of fused-ring (bicyclic) bond motifs is 1. The van der Waals surface area contributed by atoms with Gasteiger partial charge in [0.2, 0.25) is 5.91 Å². The van der Waals surface area contributed by atoms with Crippen molar-refractivity contribution in [2.45, 2.75) is 19.4 Å². The molecule has 0 atom stereocenters. The van der Waals surface area contributed by atoms with Gasteiger partial charge < -0.3 is 10.1 Å². The molecule has 8 nitrogen and oxygen atoms in total. The lowest BCUT2D eigenvalue weighted by molar-refractivity contribution is -0.384. The Hall–Kier alpha value is -3.33. The van der Waals surface area contributed by atoms with Crippen LogP contribution < -0.4 is 5.32 Å². The quantitative estimate of drug-likeness (QED) is 0.320. The van der Waals surface area contributed by atoms with E-state index < -0.39 is 10.9 Å². The topological polar surface area (TPSA) is 111 Å². The summed E-state index contributed by atoms with van der Waals surface area (Å²) in [5.41, 5.74) is 1.80. The first-order valence-electron chi connectivity index (χ1n) is 8.66. The number of benzene rings is 2. The zero-order chi connectivity index (χ0) is 20.8. The summed E-state index contributed by atoms with van der Waals surface area (Å²) in [6, 6.07) is 13.0. The third-order valence-electron chi connectivity index (χ3n) is 4.09. The fourth-order valence-electron chi connectivity index (χ4n) is 2.62. The Balaban J connectivity index is 1.50. The van der Waals surface area contributed by atoms with Crippen LogP contribution in [0.1, 0.15) is 18.4 Å². The Kier molecular flexibility index (Phi) is 6.50. The first kappa shape index (κ1) is 20.4. The van der Waals surface area contributed by atoms with Crippen LogP contribution in [0.3, 0.4) is 0 Å². The molecule has 148 valence electrons. The Bertz CT molecular complexity index is 1070. The standard InChI is InChI=1S/C20H16BrN3O5/c21-16-7-8-17(20-15(16)2-1-11-22-20)23-18(25)9-10-19(26)29-12-13-3-5-14(6-4-13)24(27)28/h1-8,11H,9-10,12H2,(H,23,25). The minimum atomic E-state index is -0.530. The van der Waals surface area contributed by atoms with Gasteiger partial charge in [0.25, 0.3) is 5.69 Å². The minimum Gasteiger partial charge on any atom is -0.461 e. The van der Waals surface area contributed by atoms with Gasteiger partial charge in [0.05, 0.1) is 22.5 Å². The number of rotatable bonds is 7. The van der Waals surface area contributed by atoms with Crippen molar-refractivity contribution in [1.82, 2.24) is 4.98 Å². The fraction of sp³-hybridized carbons (Fsp3) is 0.150. The number of nitrogens with one attached hydrogen (secondary N) is 1. The zero-order valence-corrected chi connectivity index (χ0v) is 16.7. The van der Waals surface area contributed by atoms with E-state index in [1.165, 1.54) is 24.3 Å². The highest BCUT2D eigenvalue weighted by atomic mass is 79.9. The Labute approximate surface area is 174 Å². The van der Waals surface area contributed by atoms with E-state index in [-0.39, 0.29) is 31.0 Å². The van der Waals surface area contributed by atoms with Crippen LogP contribution in [-0.2, 0) is 20.9 Å². The number of nitro benzene ring substituents is 1. The van der Waals surface area contributed by atoms with Gasteiger partial charge in [-0.25, -0.2) is 0 Å². The highest BCUT2D eigenvalue weighted by Gasteiger charge is 2.12. The van der Waals surface area contributed by atoms with E-state index in [1.807, 2.05) is 12.1 Å². The van der Waals surface area contributed by atoms with E-state index in [4.69, 9.17) is 4.74 Å². The predicted molar refractivity (Wildman–Crippen MR) is 110 cm³/mol. The number of anilines is 1. The molecule has 2 aromatic carbocycles. The molecular weight excluding hydrogens is 442 g/mol. The molecule has 0 aliphatic heterocycles. The molecule has 1 amide bonds. The van der Waals surface area contributed by atoms with E-state index in [0.717, 1.165) is 9.86 Å². The van der Waals surface area contributed by atoms with Crippen LogP contribution in [0.25, 0.3) is 10.9 Å². The van der Waals surface area contributed by atoms with Crippen molar-refractivity contribution >= 4 is 50.1 Å². The van der Waals surface area contributed by atoms with Gasteiger partial charge >= 0.3 is 5.97 Å². The number of pyridine rings is 1. The number of amides is 1. The number of halogens is 1. The maximum Gasteiger partial charge on any atom is 0.306 e. The highest BCUT2D eigenvalue weighted by molar-refractivity contribution is 9.10. The van der Waals surface area contributed by atoms with E-state index >= 15 is 0 Å². The number of nitrogens with zero attached hydrogens (tertiary/aromatic N) is 2. The lowest BCUT2D eigenvalue weighted by atomic mass is 10.2. The highest BCUT2D eigenvalue weighted by Crippen LogP contribution is 2.28. The Morgan fingerprint density at radius 2 is 1.86 bits per heavy atom. The van der Waals surface area contributed by atoms with Gasteiger partial charge in [0.15, 0.2) is 0 Å². The van der Waals surface area contributed by atoms with Crippen LogP contribution in [0, 0.1) is 10.1 Å². The van der Waals surface area contributed by atoms with Crippen LogP contribution in [0.2, 0.25) is 0 Å². The molecule has 0 unspecified atom stereocenters. The summed E-state index contributed by atoms with van der Waals surface area (Å²) in [5.74, 6) is -0.858. The lowest BCUT2D eigenvalue weighted by Crippen LogP contribution is -2.15. The molecule has 3 aromatic rings. The summed E-state index contributed by atoms with van der Waals surface area (Å²) in [6.07, 6.45) is 1.52. The number of hydrogen-bond acceptors (Lipinski definition) is 6. The van der Waals surface area contributed by atoms with E-state index in [2.05, 4.69) is 26.2 Å². The van der Waals surface area contributed by atoms with Crippen LogP contribution in [0.5, 0.6) is 0 Å². The molecule has 0 spiro atoms. The first-order valence-corrected chi connectivity index (χ1v) is 9.45. The maximum absolute atomic E-state index is 12.2. The largest absolute Gasteiger partial charge is 0.461 e. The summed E-state index contributed by atoms with van der Waals surface area (Å²) >= 11 is 3.45. The molecule has 1 N–H and O–H groups in total. The third-order valence-corrected chi connectivity index (χ3v) is 4.79. The number of hydrogen-bond donors (Lipinski definition) is 1. The molecule has 0 bridgehead atoms. The molecule has 29 heavy (non-hydrogen) atoms. The number of non-ortho nitro benzene ring substituents is 1. The first-order chi connectivity index (χ1) is 13.9. The normalized spacial score (nSPS) is 10.5. The van der Waals surface area contributed by atoms with Gasteiger partial charge in [-0.1, -0.05) is 22.0 Å². The van der Waals surface area contributed by atoms with E-state index in [9.17, 15) is 19.7 Å². The summed E-state index contributed by atoms with van der Waals surface area (Å²) in [5, 5.41) is 14.3. The summed E-state index contributed by atoms with van der Waals surface area (Å²) < 4.78 is 5.98. The molecule has 3 rings (SSSR count). The molecule has 1 heterocycles. The van der Waals surface area contributed by atoms with Gasteiger partial charge in [-0.2, -0.15) is 0 Å². The van der Waals surface area contributed by atoms with Gasteiger partial charge in [-0.3, -0.25) is 24.7 Å². The Morgan fingerprint density at radius 3 is 2.59 bits per heavy atom. The molecule has 0 saturated heterocycles. The summed E-state index contributed by atoms with van der Waals surface area (Å²) in [4.78, 5) is 38.5. The Morgan fingerprint density at radius 1 is 1.10 bits per heavy atom. The second-order valence-electron chi connectivity index (χ2n) is 6.13. The fourth-order valence-corrected chi connectivity index (χ4v) is 3.07. The van der Waals surface area contributed by atoms with Crippen molar-refractivity contribution in [3.8, 4) is 0 Å². The molecule has 0 fully saturated rings. The molecule has 1 aromatic heterocycles. The van der Waals surface area contributed by atoms with Crippen molar-refractivity contribution in [2.75, 3.05) is 5.32 Å². The third kappa shape index (κ3) is 5.35. The average Bonchev–Trinajstić information content (AvgIpc) is 2.73. The zero-order valence-electron chi connectivity index (χ0n) is 15.1. The van der Waals surface area contributed by atoms with Crippen molar-refractivity contribution in [2.24, 2.45) is 0 Å². The van der Waals surface area contributed by atoms with Crippen molar-refractivity contribution < 1.29 is 19.2 Å². The molecule has 0 aliphatic carbocycles. The number of nitro groups is 1. The molecule has 9 heteroatoms. The monoisotopic (exact) mass is 457 g/mol. The van der Waals surface area contributed by atoms with Crippen LogP contribution in [-0.4, -0.2) is 21.8 Å². The van der Waals surface area contributed by atoms with Crippen molar-refractivity contribution in [3.63, 3.8) is 0 Å². The molecule has 0 radical (unpaired) electrons. The SMILES string of the molecule is O=C(CCC(=O)OCc1ccc([N+](=O)[O-])cc1)Nc1ccc(Br)c2cccnc12. The lowest BCUT2D eigenvalue weighted by Gasteiger charge is -2.09. The van der Waals surface area contributed by atoms with E-state index in [0.29, 0.717) is 16.8 Å². The van der Waals surface area contributed by atoms with Gasteiger partial charge in [0.1, 0.15) is 6.61 Å². The molecular formula is C20H16BrN3O5. The number of aromatic nitrogens is 1. The minimum absolute atomic E-state index is 0.0142. The number of carbonyl (C=O) groups is 2.